The Hall–Kier alpha value is -0.370. The highest BCUT2D eigenvalue weighted by atomic mass is 19.1. The Bertz CT molecular complexity index is 49.5. The zero-order valence-corrected chi connectivity index (χ0v) is 3.52. The van der Waals surface area contributed by atoms with Crippen molar-refractivity contribution in [2.45, 2.75) is 13.3 Å². The highest BCUT2D eigenvalue weighted by Crippen LogP contribution is 1.84. The van der Waals surface area contributed by atoms with Crippen molar-refractivity contribution >= 4 is 0 Å². The van der Waals surface area contributed by atoms with Crippen molar-refractivity contribution in [3.63, 3.8) is 0 Å². The third-order valence-electron chi connectivity index (χ3n) is 0.344. The average molecular weight is 89.1 g/mol. The van der Waals surface area contributed by atoms with E-state index in [-0.39, 0.29) is 0 Å². The van der Waals surface area contributed by atoms with Crippen molar-refractivity contribution in [2.24, 2.45) is 0 Å². The van der Waals surface area contributed by atoms with E-state index >= 15 is 0 Å². The molecule has 2 heteroatoms. The Morgan fingerprint density at radius 2 is 2.33 bits per heavy atom. The van der Waals surface area contributed by atoms with Crippen LogP contribution in [0, 0.1) is 0 Å². The van der Waals surface area contributed by atoms with Gasteiger partial charge < -0.3 is 0 Å². The van der Waals surface area contributed by atoms with Gasteiger partial charge in [0.15, 0.2) is 0 Å². The third kappa shape index (κ3) is 3.63. The summed E-state index contributed by atoms with van der Waals surface area (Å²) < 4.78 is 11.1. The van der Waals surface area contributed by atoms with Gasteiger partial charge >= 0.3 is 0 Å². The van der Waals surface area contributed by atoms with Crippen LogP contribution >= 0.6 is 0 Å². The summed E-state index contributed by atoms with van der Waals surface area (Å²) in [4.78, 5) is 0. The van der Waals surface area contributed by atoms with Gasteiger partial charge in [-0.25, -0.2) is 4.39 Å². The molecule has 0 amide bonds. The maximum atomic E-state index is 11.1. The summed E-state index contributed by atoms with van der Waals surface area (Å²) in [5.74, 6) is 0. The zero-order chi connectivity index (χ0) is 4.99. The van der Waals surface area contributed by atoms with E-state index in [1.165, 1.54) is 6.08 Å². The molecule has 1 nitrogen and oxygen atoms in total. The minimum atomic E-state index is -2.03. The summed E-state index contributed by atoms with van der Waals surface area (Å²) in [5, 5.41) is 9.37. The van der Waals surface area contributed by atoms with Crippen LogP contribution in [0.1, 0.15) is 6.92 Å². The summed E-state index contributed by atoms with van der Waals surface area (Å²) in [6, 6.07) is 0. The monoisotopic (exact) mass is 89.0 g/mol. The highest BCUT2D eigenvalue weighted by Gasteiger charge is 1.87. The van der Waals surface area contributed by atoms with Gasteiger partial charge in [-0.1, -0.05) is 6.08 Å². The Labute approximate surface area is 36.1 Å². The van der Waals surface area contributed by atoms with Crippen molar-refractivity contribution in [1.82, 2.24) is 0 Å². The van der Waals surface area contributed by atoms with E-state index in [9.17, 15) is 9.50 Å². The predicted octanol–water partition coefficient (Wildman–Crippen LogP) is 1.29. The molecule has 1 atom stereocenters. The van der Waals surface area contributed by atoms with Gasteiger partial charge in [-0.3, -0.25) is 0 Å². The van der Waals surface area contributed by atoms with Gasteiger partial charge in [0, 0.05) is 0 Å². The SMILES string of the molecule is C/C=C/C([O])F. The van der Waals surface area contributed by atoms with Crippen molar-refractivity contribution < 1.29 is 9.50 Å². The van der Waals surface area contributed by atoms with Gasteiger partial charge in [-0.15, -0.1) is 0 Å². The van der Waals surface area contributed by atoms with Gasteiger partial charge in [0.1, 0.15) is 0 Å². The van der Waals surface area contributed by atoms with E-state index < -0.39 is 6.36 Å². The lowest BCUT2D eigenvalue weighted by atomic mass is 10.5. The summed E-state index contributed by atoms with van der Waals surface area (Å²) in [6.45, 7) is 1.60. The number of allylic oxidation sites excluding steroid dienone is 1. The van der Waals surface area contributed by atoms with E-state index in [0.717, 1.165) is 6.08 Å². The normalized spacial score (nSPS) is 15.8. The van der Waals surface area contributed by atoms with Crippen LogP contribution < -0.4 is 0 Å². The van der Waals surface area contributed by atoms with E-state index in [1.807, 2.05) is 0 Å². The fourth-order valence-corrected chi connectivity index (χ4v) is 0.151. The standard InChI is InChI=1S/C4H6FO/c1-2-3-4(5)6/h2-4H,1H3/b3-2+. The van der Waals surface area contributed by atoms with E-state index in [0.29, 0.717) is 0 Å². The molecule has 6 heavy (non-hydrogen) atoms. The fraction of sp³-hybridized carbons (Fsp3) is 0.500. The van der Waals surface area contributed by atoms with Crippen LogP contribution in [0.15, 0.2) is 12.2 Å². The van der Waals surface area contributed by atoms with Gasteiger partial charge in [-0.05, 0) is 13.0 Å². The molecule has 0 aromatic carbocycles. The molecule has 0 aliphatic carbocycles. The van der Waals surface area contributed by atoms with Crippen LogP contribution in [-0.4, -0.2) is 6.36 Å². The Morgan fingerprint density at radius 1 is 1.83 bits per heavy atom. The summed E-state index contributed by atoms with van der Waals surface area (Å²) in [7, 11) is 0. The van der Waals surface area contributed by atoms with Crippen molar-refractivity contribution in [2.75, 3.05) is 0 Å². The average Bonchev–Trinajstić information content (AvgIpc) is 1.35. The number of hydrogen-bond donors (Lipinski definition) is 0. The number of rotatable bonds is 1. The molecular weight excluding hydrogens is 83.0 g/mol. The number of alkyl halides is 1. The molecule has 1 unspecified atom stereocenters. The van der Waals surface area contributed by atoms with Crippen molar-refractivity contribution in [3.8, 4) is 0 Å². The Balaban J connectivity index is 3.03. The molecule has 0 heterocycles. The van der Waals surface area contributed by atoms with Crippen LogP contribution in [0.25, 0.3) is 0 Å². The molecule has 0 N–H and O–H groups in total. The topological polar surface area (TPSA) is 19.9 Å². The molecule has 0 aromatic rings. The summed E-state index contributed by atoms with van der Waals surface area (Å²) >= 11 is 0. The lowest BCUT2D eigenvalue weighted by molar-refractivity contribution is 0.0189. The number of halogens is 1. The number of hydrogen-bond acceptors (Lipinski definition) is 0. The highest BCUT2D eigenvalue weighted by molar-refractivity contribution is 4.78. The molecule has 0 rings (SSSR count). The quantitative estimate of drug-likeness (QED) is 0.431. The molecule has 0 aromatic heterocycles. The van der Waals surface area contributed by atoms with Gasteiger partial charge in [0.2, 0.25) is 6.36 Å². The first-order chi connectivity index (χ1) is 2.77. The van der Waals surface area contributed by atoms with Crippen LogP contribution in [-0.2, 0) is 5.11 Å². The van der Waals surface area contributed by atoms with Crippen LogP contribution in [0.5, 0.6) is 0 Å². The van der Waals surface area contributed by atoms with E-state index in [4.69, 9.17) is 0 Å². The smallest absolute Gasteiger partial charge is 0.208 e. The predicted molar refractivity (Wildman–Crippen MR) is 20.4 cm³/mol. The third-order valence-corrected chi connectivity index (χ3v) is 0.344. The molecule has 0 saturated carbocycles. The first kappa shape index (κ1) is 5.63. The summed E-state index contributed by atoms with van der Waals surface area (Å²) in [5.41, 5.74) is 0. The minimum Gasteiger partial charge on any atom is -0.208 e. The maximum absolute atomic E-state index is 11.1. The van der Waals surface area contributed by atoms with Crippen molar-refractivity contribution in [1.29, 1.82) is 0 Å². The van der Waals surface area contributed by atoms with Crippen LogP contribution in [0.3, 0.4) is 0 Å². The largest absolute Gasteiger partial charge is 0.249 e. The molecule has 0 fully saturated rings. The first-order valence-corrected chi connectivity index (χ1v) is 1.70. The van der Waals surface area contributed by atoms with Crippen LogP contribution in [0.2, 0.25) is 0 Å². The second kappa shape index (κ2) is 2.85. The van der Waals surface area contributed by atoms with E-state index in [1.54, 1.807) is 6.92 Å². The lowest BCUT2D eigenvalue weighted by Gasteiger charge is -1.78. The first-order valence-electron chi connectivity index (χ1n) is 1.70. The lowest BCUT2D eigenvalue weighted by Crippen LogP contribution is -1.83. The molecule has 0 spiro atoms. The molecule has 0 saturated heterocycles. The Kier molecular flexibility index (Phi) is 2.67. The van der Waals surface area contributed by atoms with Crippen LogP contribution in [0.4, 0.5) is 4.39 Å². The summed E-state index contributed by atoms with van der Waals surface area (Å²) in [6.07, 6.45) is 0.299. The second-order valence-corrected chi connectivity index (χ2v) is 0.877. The molecule has 0 aliphatic heterocycles. The van der Waals surface area contributed by atoms with Gasteiger partial charge in [-0.2, -0.15) is 5.11 Å². The molecule has 1 radical (unpaired) electrons. The van der Waals surface area contributed by atoms with Crippen molar-refractivity contribution in [3.05, 3.63) is 12.2 Å². The Morgan fingerprint density at radius 3 is 2.33 bits per heavy atom. The zero-order valence-electron chi connectivity index (χ0n) is 3.52. The molecule has 35 valence electrons. The molecule has 0 aliphatic rings. The van der Waals surface area contributed by atoms with Gasteiger partial charge in [0.25, 0.3) is 0 Å². The maximum Gasteiger partial charge on any atom is 0.249 e. The van der Waals surface area contributed by atoms with Gasteiger partial charge in [0.05, 0.1) is 0 Å². The molecular formula is C4H6FO. The molecule has 0 bridgehead atoms. The minimum absolute atomic E-state index is 0.944. The fourth-order valence-electron chi connectivity index (χ4n) is 0.151. The second-order valence-electron chi connectivity index (χ2n) is 0.877. The van der Waals surface area contributed by atoms with E-state index in [2.05, 4.69) is 0 Å².